The molecule has 3 rings (SSSR count). The fourth-order valence-electron chi connectivity index (χ4n) is 2.01. The lowest BCUT2D eigenvalue weighted by Gasteiger charge is -2.08. The van der Waals surface area contributed by atoms with Crippen molar-refractivity contribution in [3.05, 3.63) is 36.1 Å². The van der Waals surface area contributed by atoms with Crippen LogP contribution in [0.5, 0.6) is 5.75 Å². The molecular weight excluding hydrogens is 298 g/mol. The minimum Gasteiger partial charge on any atom is -0.484 e. The molecule has 0 atom stereocenters. The summed E-state index contributed by atoms with van der Waals surface area (Å²) >= 11 is 0. The minimum atomic E-state index is -0.342. The van der Waals surface area contributed by atoms with Gasteiger partial charge in [0.05, 0.1) is 0 Å². The first-order valence-corrected chi connectivity index (χ1v) is 7.37. The van der Waals surface area contributed by atoms with Crippen LogP contribution in [0.3, 0.4) is 0 Å². The van der Waals surface area contributed by atoms with Crippen molar-refractivity contribution in [1.82, 2.24) is 5.16 Å². The zero-order valence-corrected chi connectivity index (χ0v) is 12.7. The summed E-state index contributed by atoms with van der Waals surface area (Å²) in [6.45, 7) is 1.58. The van der Waals surface area contributed by atoms with E-state index in [9.17, 15) is 9.59 Å². The molecule has 7 nitrogen and oxygen atoms in total. The molecule has 2 amide bonds. The van der Waals surface area contributed by atoms with E-state index in [2.05, 4.69) is 15.8 Å². The molecule has 0 radical (unpaired) electrons. The van der Waals surface area contributed by atoms with Gasteiger partial charge in [-0.1, -0.05) is 11.2 Å². The van der Waals surface area contributed by atoms with Crippen LogP contribution < -0.4 is 15.4 Å². The first-order chi connectivity index (χ1) is 11.1. The first-order valence-electron chi connectivity index (χ1n) is 7.37. The fourth-order valence-corrected chi connectivity index (χ4v) is 2.01. The van der Waals surface area contributed by atoms with Gasteiger partial charge in [-0.3, -0.25) is 9.59 Å². The molecule has 1 aliphatic rings. The van der Waals surface area contributed by atoms with Gasteiger partial charge in [-0.15, -0.1) is 0 Å². The Morgan fingerprint density at radius 3 is 2.83 bits per heavy atom. The van der Waals surface area contributed by atoms with Gasteiger partial charge in [0.15, 0.2) is 12.4 Å². The second-order valence-electron chi connectivity index (χ2n) is 5.45. The van der Waals surface area contributed by atoms with Gasteiger partial charge in [-0.2, -0.15) is 0 Å². The molecule has 0 saturated heterocycles. The zero-order valence-electron chi connectivity index (χ0n) is 12.7. The van der Waals surface area contributed by atoms with Crippen molar-refractivity contribution >= 4 is 23.3 Å². The molecule has 23 heavy (non-hydrogen) atoms. The molecule has 1 aromatic carbocycles. The van der Waals surface area contributed by atoms with Crippen LogP contribution in [0.25, 0.3) is 0 Å². The second-order valence-corrected chi connectivity index (χ2v) is 5.45. The Morgan fingerprint density at radius 2 is 2.13 bits per heavy atom. The SMILES string of the molecule is Cc1cc(NC(=O)COc2cccc(NC(=O)C3CC3)c2)no1. The maximum absolute atomic E-state index is 11.8. The van der Waals surface area contributed by atoms with Crippen molar-refractivity contribution in [3.63, 3.8) is 0 Å². The Hall–Kier alpha value is -2.83. The van der Waals surface area contributed by atoms with Crippen LogP contribution in [0.2, 0.25) is 0 Å². The maximum Gasteiger partial charge on any atom is 0.263 e. The molecule has 2 N–H and O–H groups in total. The summed E-state index contributed by atoms with van der Waals surface area (Å²) in [7, 11) is 0. The van der Waals surface area contributed by atoms with Crippen molar-refractivity contribution in [3.8, 4) is 5.75 Å². The van der Waals surface area contributed by atoms with Crippen LogP contribution in [-0.2, 0) is 9.59 Å². The number of benzene rings is 1. The van der Waals surface area contributed by atoms with Crippen molar-refractivity contribution in [1.29, 1.82) is 0 Å². The number of ether oxygens (including phenoxy) is 1. The van der Waals surface area contributed by atoms with E-state index in [1.165, 1.54) is 0 Å². The molecule has 120 valence electrons. The van der Waals surface area contributed by atoms with Crippen molar-refractivity contribution in [2.45, 2.75) is 19.8 Å². The van der Waals surface area contributed by atoms with E-state index in [0.717, 1.165) is 12.8 Å². The Bertz CT molecular complexity index is 722. The average molecular weight is 315 g/mol. The third-order valence-electron chi connectivity index (χ3n) is 3.32. The van der Waals surface area contributed by atoms with E-state index in [1.54, 1.807) is 37.3 Å². The van der Waals surface area contributed by atoms with Gasteiger partial charge in [-0.25, -0.2) is 0 Å². The molecule has 0 bridgehead atoms. The van der Waals surface area contributed by atoms with E-state index in [4.69, 9.17) is 9.26 Å². The summed E-state index contributed by atoms with van der Waals surface area (Å²) in [6.07, 6.45) is 1.90. The molecule has 0 spiro atoms. The largest absolute Gasteiger partial charge is 0.484 e. The minimum absolute atomic E-state index is 0.0290. The highest BCUT2D eigenvalue weighted by Crippen LogP contribution is 2.30. The molecule has 1 heterocycles. The second kappa shape index (κ2) is 6.51. The van der Waals surface area contributed by atoms with Gasteiger partial charge in [0.25, 0.3) is 5.91 Å². The van der Waals surface area contributed by atoms with Gasteiger partial charge in [-0.05, 0) is 31.9 Å². The number of carbonyl (C=O) groups excluding carboxylic acids is 2. The number of rotatable bonds is 6. The number of amides is 2. The molecule has 1 saturated carbocycles. The van der Waals surface area contributed by atoms with E-state index >= 15 is 0 Å². The number of aromatic nitrogens is 1. The lowest BCUT2D eigenvalue weighted by molar-refractivity contribution is -0.118. The zero-order chi connectivity index (χ0) is 16.2. The van der Waals surface area contributed by atoms with Gasteiger partial charge >= 0.3 is 0 Å². The molecule has 0 unspecified atom stereocenters. The van der Waals surface area contributed by atoms with Crippen LogP contribution in [-0.4, -0.2) is 23.6 Å². The molecule has 2 aromatic rings. The van der Waals surface area contributed by atoms with E-state index < -0.39 is 0 Å². The molecule has 1 aromatic heterocycles. The molecular formula is C16H17N3O4. The molecule has 1 fully saturated rings. The Kier molecular flexibility index (Phi) is 4.27. The summed E-state index contributed by atoms with van der Waals surface area (Å²) in [5, 5.41) is 9.07. The van der Waals surface area contributed by atoms with Crippen LogP contribution in [0.15, 0.2) is 34.9 Å². The van der Waals surface area contributed by atoms with Crippen molar-refractivity contribution < 1.29 is 18.8 Å². The van der Waals surface area contributed by atoms with Gasteiger partial charge in [0.1, 0.15) is 11.5 Å². The number of carbonyl (C=O) groups is 2. The summed E-state index contributed by atoms with van der Waals surface area (Å²) in [5.41, 5.74) is 0.659. The third-order valence-corrected chi connectivity index (χ3v) is 3.32. The van der Waals surface area contributed by atoms with E-state index in [1.807, 2.05) is 0 Å². The summed E-state index contributed by atoms with van der Waals surface area (Å²) < 4.78 is 10.3. The van der Waals surface area contributed by atoms with Crippen LogP contribution >= 0.6 is 0 Å². The molecule has 7 heteroatoms. The number of aryl methyl sites for hydroxylation is 1. The van der Waals surface area contributed by atoms with Crippen LogP contribution in [0, 0.1) is 12.8 Å². The highest BCUT2D eigenvalue weighted by molar-refractivity contribution is 5.94. The van der Waals surface area contributed by atoms with E-state index in [0.29, 0.717) is 23.0 Å². The summed E-state index contributed by atoms with van der Waals surface area (Å²) in [6, 6.07) is 8.57. The standard InChI is InChI=1S/C16H17N3O4/c1-10-7-14(19-23-10)18-15(20)9-22-13-4-2-3-12(8-13)17-16(21)11-5-6-11/h2-4,7-8,11H,5-6,9H2,1H3,(H,17,21)(H,18,19,20). The topological polar surface area (TPSA) is 93.5 Å². The van der Waals surface area contributed by atoms with Crippen LogP contribution in [0.4, 0.5) is 11.5 Å². The molecule has 1 aliphatic carbocycles. The smallest absolute Gasteiger partial charge is 0.263 e. The van der Waals surface area contributed by atoms with E-state index in [-0.39, 0.29) is 24.3 Å². The summed E-state index contributed by atoms with van der Waals surface area (Å²) in [4.78, 5) is 23.5. The Balaban J connectivity index is 1.51. The highest BCUT2D eigenvalue weighted by Gasteiger charge is 2.29. The van der Waals surface area contributed by atoms with Gasteiger partial charge in [0, 0.05) is 23.7 Å². The number of nitrogens with zero attached hydrogens (tertiary/aromatic N) is 1. The third kappa shape index (κ3) is 4.32. The Labute approximate surface area is 133 Å². The number of anilines is 2. The number of nitrogens with one attached hydrogen (secondary N) is 2. The van der Waals surface area contributed by atoms with Crippen molar-refractivity contribution in [2.24, 2.45) is 5.92 Å². The highest BCUT2D eigenvalue weighted by atomic mass is 16.5. The number of hydrogen-bond donors (Lipinski definition) is 2. The van der Waals surface area contributed by atoms with Crippen molar-refractivity contribution in [2.75, 3.05) is 17.2 Å². The Morgan fingerprint density at radius 1 is 1.30 bits per heavy atom. The average Bonchev–Trinajstić information content (AvgIpc) is 3.30. The fraction of sp³-hybridized carbons (Fsp3) is 0.312. The molecule has 0 aliphatic heterocycles. The first kappa shape index (κ1) is 15.1. The van der Waals surface area contributed by atoms with Crippen LogP contribution in [0.1, 0.15) is 18.6 Å². The monoisotopic (exact) mass is 315 g/mol. The predicted octanol–water partition coefficient (Wildman–Crippen LogP) is 2.35. The maximum atomic E-state index is 11.8. The predicted molar refractivity (Wildman–Crippen MR) is 83.2 cm³/mol. The van der Waals surface area contributed by atoms with Gasteiger partial charge < -0.3 is 19.9 Å². The number of hydrogen-bond acceptors (Lipinski definition) is 5. The summed E-state index contributed by atoms with van der Waals surface area (Å²) in [5.74, 6) is 1.29. The quantitative estimate of drug-likeness (QED) is 0.853. The van der Waals surface area contributed by atoms with Gasteiger partial charge in [0.2, 0.25) is 5.91 Å². The normalized spacial score (nSPS) is 13.4. The lowest BCUT2D eigenvalue weighted by atomic mass is 10.3. The lowest BCUT2D eigenvalue weighted by Crippen LogP contribution is -2.20.